The van der Waals surface area contributed by atoms with E-state index >= 15 is 0 Å². The molecule has 1 aromatic rings. The van der Waals surface area contributed by atoms with Gasteiger partial charge in [-0.05, 0) is 0 Å². The van der Waals surface area contributed by atoms with Gasteiger partial charge in [0, 0.05) is 26.2 Å². The minimum Gasteiger partial charge on any atom is -0.391 e. The summed E-state index contributed by atoms with van der Waals surface area (Å²) >= 11 is 0. The summed E-state index contributed by atoms with van der Waals surface area (Å²) in [6.45, 7) is 1.83. The number of nitrogens with one attached hydrogen (secondary N) is 1. The molecule has 0 aromatic heterocycles. The zero-order valence-electron chi connectivity index (χ0n) is 11.1. The van der Waals surface area contributed by atoms with Crippen molar-refractivity contribution >= 4 is 17.1 Å². The van der Waals surface area contributed by atoms with Crippen LogP contribution >= 0.6 is 0 Å². The van der Waals surface area contributed by atoms with E-state index in [-0.39, 0.29) is 0 Å². The second kappa shape index (κ2) is 6.28. The highest BCUT2D eigenvalue weighted by Gasteiger charge is 2.34. The maximum atomic E-state index is 11.1. The Balaban J connectivity index is 2.50. The Morgan fingerprint density at radius 2 is 1.45 bits per heavy atom. The highest BCUT2D eigenvalue weighted by molar-refractivity contribution is 5.65. The van der Waals surface area contributed by atoms with E-state index in [0.29, 0.717) is 38.3 Å². The van der Waals surface area contributed by atoms with Gasteiger partial charge in [0.25, 0.3) is 5.69 Å². The van der Waals surface area contributed by atoms with Crippen molar-refractivity contribution in [3.63, 3.8) is 0 Å². The van der Waals surface area contributed by atoms with Crippen molar-refractivity contribution in [2.75, 3.05) is 26.2 Å². The number of nitro benzene ring substituents is 3. The van der Waals surface area contributed by atoms with E-state index in [1.165, 1.54) is 5.06 Å². The number of nitro groups is 3. The predicted molar refractivity (Wildman–Crippen MR) is 71.5 cm³/mol. The first-order chi connectivity index (χ1) is 10.4. The summed E-state index contributed by atoms with van der Waals surface area (Å²) in [5.74, 6) is -0.609. The van der Waals surface area contributed by atoms with Crippen LogP contribution in [0.4, 0.5) is 17.1 Å². The van der Waals surface area contributed by atoms with Gasteiger partial charge < -0.3 is 10.2 Å². The Bertz CT molecular complexity index is 593. The van der Waals surface area contributed by atoms with Gasteiger partial charge in [0.15, 0.2) is 0 Å². The van der Waals surface area contributed by atoms with Crippen molar-refractivity contribution in [1.29, 1.82) is 0 Å². The van der Waals surface area contributed by atoms with E-state index in [2.05, 4.69) is 5.32 Å². The van der Waals surface area contributed by atoms with E-state index < -0.39 is 37.6 Å². The Labute approximate surface area is 122 Å². The third-order valence-corrected chi connectivity index (χ3v) is 2.94. The van der Waals surface area contributed by atoms with Gasteiger partial charge in [-0.1, -0.05) is 0 Å². The number of piperazine rings is 1. The fourth-order valence-corrected chi connectivity index (χ4v) is 1.92. The first kappa shape index (κ1) is 15.5. The van der Waals surface area contributed by atoms with E-state index in [0.717, 1.165) is 0 Å². The van der Waals surface area contributed by atoms with Gasteiger partial charge in [-0.3, -0.25) is 30.3 Å². The maximum Gasteiger partial charge on any atom is 0.327 e. The van der Waals surface area contributed by atoms with Gasteiger partial charge in [-0.15, -0.1) is 5.06 Å². The highest BCUT2D eigenvalue weighted by atomic mass is 16.7. The molecular formula is C10H11N5O7. The molecule has 118 valence electrons. The van der Waals surface area contributed by atoms with Gasteiger partial charge in [-0.2, -0.15) is 0 Å². The number of nitrogens with zero attached hydrogens (tertiary/aromatic N) is 4. The summed E-state index contributed by atoms with van der Waals surface area (Å²) in [4.78, 5) is 35.3. The summed E-state index contributed by atoms with van der Waals surface area (Å²) in [6, 6.07) is 1.29. The van der Waals surface area contributed by atoms with Crippen LogP contribution in [0.25, 0.3) is 0 Å². The lowest BCUT2D eigenvalue weighted by Crippen LogP contribution is -2.45. The average Bonchev–Trinajstić information content (AvgIpc) is 2.47. The fraction of sp³-hybridized carbons (Fsp3) is 0.400. The van der Waals surface area contributed by atoms with E-state index in [1.54, 1.807) is 0 Å². The van der Waals surface area contributed by atoms with Crippen molar-refractivity contribution in [2.45, 2.75) is 0 Å². The Morgan fingerprint density at radius 3 is 1.86 bits per heavy atom. The summed E-state index contributed by atoms with van der Waals surface area (Å²) < 4.78 is 0. The number of non-ortho nitro benzene ring substituents is 1. The largest absolute Gasteiger partial charge is 0.391 e. The Hall–Kier alpha value is -2.86. The van der Waals surface area contributed by atoms with Crippen molar-refractivity contribution in [2.24, 2.45) is 0 Å². The zero-order chi connectivity index (χ0) is 16.3. The number of benzene rings is 1. The molecule has 0 spiro atoms. The molecule has 0 atom stereocenters. The second-order valence-corrected chi connectivity index (χ2v) is 4.35. The van der Waals surface area contributed by atoms with Crippen LogP contribution in [0.2, 0.25) is 0 Å². The maximum absolute atomic E-state index is 11.1. The van der Waals surface area contributed by atoms with Gasteiger partial charge in [0.1, 0.15) is 0 Å². The second-order valence-electron chi connectivity index (χ2n) is 4.35. The zero-order valence-corrected chi connectivity index (χ0v) is 11.1. The summed E-state index contributed by atoms with van der Waals surface area (Å²) in [5, 5.41) is 37.2. The number of hydrogen-bond acceptors (Lipinski definition) is 9. The summed E-state index contributed by atoms with van der Waals surface area (Å²) in [6.07, 6.45) is 0. The molecule has 1 N–H and O–H groups in total. The molecule has 0 aliphatic carbocycles. The number of hydroxylamine groups is 2. The third-order valence-electron chi connectivity index (χ3n) is 2.94. The number of hydrogen-bond donors (Lipinski definition) is 1. The van der Waals surface area contributed by atoms with Gasteiger partial charge in [-0.25, -0.2) is 0 Å². The van der Waals surface area contributed by atoms with Crippen LogP contribution in [0, 0.1) is 30.3 Å². The molecule has 1 aromatic carbocycles. The van der Waals surface area contributed by atoms with Crippen LogP contribution in [0.1, 0.15) is 0 Å². The van der Waals surface area contributed by atoms with E-state index in [9.17, 15) is 30.3 Å². The Kier molecular flexibility index (Phi) is 4.43. The van der Waals surface area contributed by atoms with Gasteiger partial charge in [0.05, 0.1) is 26.9 Å². The molecule has 2 rings (SSSR count). The molecule has 12 nitrogen and oxygen atoms in total. The van der Waals surface area contributed by atoms with Gasteiger partial charge >= 0.3 is 17.1 Å². The van der Waals surface area contributed by atoms with Crippen molar-refractivity contribution in [3.05, 3.63) is 42.5 Å². The molecule has 1 heterocycles. The topological polar surface area (TPSA) is 154 Å². The first-order valence-corrected chi connectivity index (χ1v) is 6.15. The molecule has 22 heavy (non-hydrogen) atoms. The first-order valence-electron chi connectivity index (χ1n) is 6.15. The molecular weight excluding hydrogens is 302 g/mol. The van der Waals surface area contributed by atoms with Crippen LogP contribution in [0.5, 0.6) is 5.75 Å². The van der Waals surface area contributed by atoms with Crippen LogP contribution in [0.3, 0.4) is 0 Å². The molecule has 0 saturated carbocycles. The molecule has 12 heteroatoms. The smallest absolute Gasteiger partial charge is 0.327 e. The standard InChI is InChI=1S/C10H11N5O7/c16-13(17)7-5-8(14(18)19)10(9(6-7)15(20)21)22-12-3-1-11-2-4-12/h5-6,11H,1-4H2. The molecule has 1 saturated heterocycles. The molecule has 0 bridgehead atoms. The molecule has 1 fully saturated rings. The summed E-state index contributed by atoms with van der Waals surface area (Å²) in [5.41, 5.74) is -2.38. The third kappa shape index (κ3) is 3.24. The normalized spacial score (nSPS) is 15.3. The molecule has 0 unspecified atom stereocenters. The lowest BCUT2D eigenvalue weighted by molar-refractivity contribution is -0.405. The predicted octanol–water partition coefficient (Wildman–Crippen LogP) is 0.610. The minimum atomic E-state index is -0.947. The van der Waals surface area contributed by atoms with Crippen LogP contribution in [-0.4, -0.2) is 46.0 Å². The summed E-state index contributed by atoms with van der Waals surface area (Å²) in [7, 11) is 0. The monoisotopic (exact) mass is 313 g/mol. The molecule has 0 radical (unpaired) electrons. The van der Waals surface area contributed by atoms with Crippen LogP contribution < -0.4 is 10.2 Å². The molecule has 1 aliphatic rings. The lowest BCUT2D eigenvalue weighted by Gasteiger charge is -2.26. The molecule has 0 amide bonds. The quantitative estimate of drug-likeness (QED) is 0.608. The Morgan fingerprint density at radius 1 is 0.955 bits per heavy atom. The van der Waals surface area contributed by atoms with Crippen molar-refractivity contribution in [1.82, 2.24) is 10.4 Å². The van der Waals surface area contributed by atoms with Crippen LogP contribution in [-0.2, 0) is 0 Å². The van der Waals surface area contributed by atoms with Gasteiger partial charge in [0.2, 0.25) is 0 Å². The average molecular weight is 313 g/mol. The van der Waals surface area contributed by atoms with E-state index in [4.69, 9.17) is 4.84 Å². The van der Waals surface area contributed by atoms with Crippen LogP contribution in [0.15, 0.2) is 12.1 Å². The fourth-order valence-electron chi connectivity index (χ4n) is 1.92. The minimum absolute atomic E-state index is 0.366. The van der Waals surface area contributed by atoms with Crippen molar-refractivity contribution < 1.29 is 19.6 Å². The van der Waals surface area contributed by atoms with E-state index in [1.807, 2.05) is 0 Å². The van der Waals surface area contributed by atoms with Crippen molar-refractivity contribution in [3.8, 4) is 5.75 Å². The highest BCUT2D eigenvalue weighted by Crippen LogP contribution is 2.40. The SMILES string of the molecule is O=[N+]([O-])c1cc([N+](=O)[O-])c(ON2CCNCC2)c([N+](=O)[O-])c1. The lowest BCUT2D eigenvalue weighted by atomic mass is 10.2. The molecule has 1 aliphatic heterocycles. The number of rotatable bonds is 5.